The van der Waals surface area contributed by atoms with Crippen molar-refractivity contribution >= 4 is 6.29 Å². The van der Waals surface area contributed by atoms with Gasteiger partial charge < -0.3 is 9.47 Å². The van der Waals surface area contributed by atoms with Gasteiger partial charge in [0.15, 0.2) is 12.9 Å². The molecule has 3 aromatic carbocycles. The minimum absolute atomic E-state index is 0.0507. The summed E-state index contributed by atoms with van der Waals surface area (Å²) in [5.41, 5.74) is 4.40. The number of carbonyl (C=O) groups excluding carboxylic acids is 1. The van der Waals surface area contributed by atoms with Gasteiger partial charge in [0.2, 0.25) is 0 Å². The van der Waals surface area contributed by atoms with Gasteiger partial charge in [0, 0.05) is 11.6 Å². The number of carbonyl (C=O) groups is 1. The highest BCUT2D eigenvalue weighted by Gasteiger charge is 2.30. The summed E-state index contributed by atoms with van der Waals surface area (Å²) >= 11 is 0. The number of alkyl halides is 3. The first kappa shape index (κ1) is 22.4. The van der Waals surface area contributed by atoms with Crippen molar-refractivity contribution in [3.8, 4) is 28.7 Å². The topological polar surface area (TPSA) is 59.3 Å². The molecule has 0 unspecified atom stereocenters. The molecule has 4 nitrogen and oxygen atoms in total. The van der Waals surface area contributed by atoms with Crippen LogP contribution in [0.1, 0.15) is 39.0 Å². The summed E-state index contributed by atoms with van der Waals surface area (Å²) in [5.74, 6) is 0.232. The first-order chi connectivity index (χ1) is 15.9. The smallest absolute Gasteiger partial charge is 0.422 e. The fourth-order valence-electron chi connectivity index (χ4n) is 4.15. The first-order valence-corrected chi connectivity index (χ1v) is 10.4. The molecule has 1 aliphatic rings. The van der Waals surface area contributed by atoms with Crippen LogP contribution in [-0.4, -0.2) is 19.1 Å². The molecule has 1 aliphatic carbocycles. The van der Waals surface area contributed by atoms with Gasteiger partial charge in [-0.1, -0.05) is 48.5 Å². The quantitative estimate of drug-likeness (QED) is 0.411. The molecule has 7 heteroatoms. The van der Waals surface area contributed by atoms with Crippen LogP contribution in [0, 0.1) is 11.3 Å². The minimum atomic E-state index is -4.53. The summed E-state index contributed by atoms with van der Waals surface area (Å²) in [6.07, 6.45) is -2.01. The number of halogens is 3. The predicted molar refractivity (Wildman–Crippen MR) is 116 cm³/mol. The Labute approximate surface area is 189 Å². The summed E-state index contributed by atoms with van der Waals surface area (Å²) in [7, 11) is 0. The van der Waals surface area contributed by atoms with Crippen LogP contribution < -0.4 is 9.47 Å². The van der Waals surface area contributed by atoms with Crippen molar-refractivity contribution in [3.63, 3.8) is 0 Å². The standard InChI is InChI=1S/C26H20F3NO3/c27-26(28,29)16-33-25-12-24(21-11-5-10-20(21)23(25)14-31)32-15-18-8-4-9-19(22(18)13-30)17-6-2-1-3-7-17/h1-4,6-9,12,14H,5,10-11,15-16H2. The van der Waals surface area contributed by atoms with Gasteiger partial charge in [-0.25, -0.2) is 0 Å². The maximum atomic E-state index is 12.7. The van der Waals surface area contributed by atoms with E-state index in [0.717, 1.165) is 23.1 Å². The summed E-state index contributed by atoms with van der Waals surface area (Å²) in [4.78, 5) is 11.6. The van der Waals surface area contributed by atoms with Gasteiger partial charge in [-0.05, 0) is 41.5 Å². The predicted octanol–water partition coefficient (Wildman–Crippen LogP) is 6.05. The molecule has 3 aromatic rings. The summed E-state index contributed by atoms with van der Waals surface area (Å²) in [6.45, 7) is -1.45. The Morgan fingerprint density at radius 2 is 1.73 bits per heavy atom. The van der Waals surface area contributed by atoms with E-state index >= 15 is 0 Å². The third-order valence-corrected chi connectivity index (χ3v) is 5.61. The van der Waals surface area contributed by atoms with E-state index in [4.69, 9.17) is 9.47 Å². The van der Waals surface area contributed by atoms with Gasteiger partial charge in [-0.15, -0.1) is 0 Å². The third-order valence-electron chi connectivity index (χ3n) is 5.61. The molecule has 0 atom stereocenters. The summed E-state index contributed by atoms with van der Waals surface area (Å²) < 4.78 is 49.1. The van der Waals surface area contributed by atoms with Gasteiger partial charge in [0.25, 0.3) is 0 Å². The molecule has 0 saturated heterocycles. The molecule has 0 aromatic heterocycles. The molecule has 0 fully saturated rings. The van der Waals surface area contributed by atoms with Crippen molar-refractivity contribution in [2.45, 2.75) is 32.0 Å². The SMILES string of the molecule is N#Cc1c(COc2cc(OCC(F)(F)F)c(C=O)c3c2CCC3)cccc1-c1ccccc1. The van der Waals surface area contributed by atoms with Crippen LogP contribution in [-0.2, 0) is 19.4 Å². The monoisotopic (exact) mass is 451 g/mol. The van der Waals surface area contributed by atoms with Crippen LogP contribution >= 0.6 is 0 Å². The third kappa shape index (κ3) is 4.85. The van der Waals surface area contributed by atoms with E-state index in [1.54, 1.807) is 6.07 Å². The van der Waals surface area contributed by atoms with Crippen LogP contribution in [0.15, 0.2) is 54.6 Å². The number of ether oxygens (including phenoxy) is 2. The Morgan fingerprint density at radius 1 is 0.970 bits per heavy atom. The Kier molecular flexibility index (Phi) is 6.36. The van der Waals surface area contributed by atoms with Crippen LogP contribution in [0.5, 0.6) is 11.5 Å². The van der Waals surface area contributed by atoms with E-state index in [1.165, 1.54) is 6.07 Å². The fraction of sp³-hybridized carbons (Fsp3) is 0.231. The number of fused-ring (bicyclic) bond motifs is 1. The molecular formula is C26H20F3NO3. The van der Waals surface area contributed by atoms with E-state index in [9.17, 15) is 23.2 Å². The zero-order valence-electron chi connectivity index (χ0n) is 17.6. The molecule has 0 saturated carbocycles. The number of hydrogen-bond acceptors (Lipinski definition) is 4. The van der Waals surface area contributed by atoms with E-state index in [2.05, 4.69) is 6.07 Å². The van der Waals surface area contributed by atoms with Crippen molar-refractivity contribution in [1.82, 2.24) is 0 Å². The van der Waals surface area contributed by atoms with Gasteiger partial charge in [-0.3, -0.25) is 4.79 Å². The lowest BCUT2D eigenvalue weighted by molar-refractivity contribution is -0.153. The van der Waals surface area contributed by atoms with Crippen molar-refractivity contribution in [2.24, 2.45) is 0 Å². The Morgan fingerprint density at radius 3 is 2.42 bits per heavy atom. The fourth-order valence-corrected chi connectivity index (χ4v) is 4.15. The Balaban J connectivity index is 1.66. The average Bonchev–Trinajstić information content (AvgIpc) is 3.30. The van der Waals surface area contributed by atoms with Crippen LogP contribution in [0.4, 0.5) is 13.2 Å². The first-order valence-electron chi connectivity index (χ1n) is 10.4. The lowest BCUT2D eigenvalue weighted by atomic mass is 9.96. The molecule has 0 radical (unpaired) electrons. The molecular weight excluding hydrogens is 431 g/mol. The molecule has 4 rings (SSSR count). The number of nitrogens with zero attached hydrogens (tertiary/aromatic N) is 1. The van der Waals surface area contributed by atoms with Crippen molar-refractivity contribution in [1.29, 1.82) is 5.26 Å². The summed E-state index contributed by atoms with van der Waals surface area (Å²) in [6, 6.07) is 18.6. The summed E-state index contributed by atoms with van der Waals surface area (Å²) in [5, 5.41) is 9.80. The molecule has 0 N–H and O–H groups in total. The van der Waals surface area contributed by atoms with Gasteiger partial charge in [-0.2, -0.15) is 18.4 Å². The second-order valence-corrected chi connectivity index (χ2v) is 7.73. The number of aldehydes is 1. The molecule has 0 spiro atoms. The highest BCUT2D eigenvalue weighted by atomic mass is 19.4. The molecule has 33 heavy (non-hydrogen) atoms. The highest BCUT2D eigenvalue weighted by molar-refractivity contribution is 5.84. The second kappa shape index (κ2) is 9.37. The number of benzene rings is 3. The molecule has 0 aliphatic heterocycles. The molecule has 168 valence electrons. The Bertz CT molecular complexity index is 1210. The highest BCUT2D eigenvalue weighted by Crippen LogP contribution is 2.39. The van der Waals surface area contributed by atoms with E-state index in [-0.39, 0.29) is 17.9 Å². The average molecular weight is 451 g/mol. The van der Waals surface area contributed by atoms with Gasteiger partial charge >= 0.3 is 6.18 Å². The van der Waals surface area contributed by atoms with E-state index in [1.807, 2.05) is 42.5 Å². The Hall–Kier alpha value is -3.79. The zero-order valence-corrected chi connectivity index (χ0v) is 17.6. The minimum Gasteiger partial charge on any atom is -0.488 e. The molecule has 0 heterocycles. The van der Waals surface area contributed by atoms with Crippen molar-refractivity contribution in [3.05, 3.63) is 82.4 Å². The number of hydrogen-bond donors (Lipinski definition) is 0. The van der Waals surface area contributed by atoms with E-state index < -0.39 is 12.8 Å². The molecule has 0 bridgehead atoms. The van der Waals surface area contributed by atoms with Crippen LogP contribution in [0.2, 0.25) is 0 Å². The van der Waals surface area contributed by atoms with Crippen molar-refractivity contribution in [2.75, 3.05) is 6.61 Å². The largest absolute Gasteiger partial charge is 0.488 e. The lowest BCUT2D eigenvalue weighted by Gasteiger charge is -2.18. The van der Waals surface area contributed by atoms with Gasteiger partial charge in [0.05, 0.1) is 11.1 Å². The van der Waals surface area contributed by atoms with Crippen LogP contribution in [0.3, 0.4) is 0 Å². The normalized spacial score (nSPS) is 12.7. The maximum Gasteiger partial charge on any atom is 0.422 e. The number of nitriles is 1. The molecule has 0 amide bonds. The second-order valence-electron chi connectivity index (χ2n) is 7.73. The van der Waals surface area contributed by atoms with Crippen molar-refractivity contribution < 1.29 is 27.4 Å². The zero-order chi connectivity index (χ0) is 23.4. The lowest BCUT2D eigenvalue weighted by Crippen LogP contribution is -2.20. The van der Waals surface area contributed by atoms with E-state index in [0.29, 0.717) is 41.6 Å². The number of rotatable bonds is 7. The van der Waals surface area contributed by atoms with Crippen LogP contribution in [0.25, 0.3) is 11.1 Å². The van der Waals surface area contributed by atoms with Gasteiger partial charge in [0.1, 0.15) is 24.2 Å². The maximum absolute atomic E-state index is 12.7.